The van der Waals surface area contributed by atoms with E-state index in [0.29, 0.717) is 34.0 Å². The number of hydrogen-bond acceptors (Lipinski definition) is 9. The second-order valence-electron chi connectivity index (χ2n) is 7.97. The summed E-state index contributed by atoms with van der Waals surface area (Å²) in [6.07, 6.45) is 4.27. The third-order valence-corrected chi connectivity index (χ3v) is 7.15. The molecule has 0 bridgehead atoms. The van der Waals surface area contributed by atoms with Gasteiger partial charge in [0, 0.05) is 29.6 Å². The van der Waals surface area contributed by atoms with Gasteiger partial charge < -0.3 is 15.1 Å². The Labute approximate surface area is 221 Å². The predicted molar refractivity (Wildman–Crippen MR) is 149 cm³/mol. The summed E-state index contributed by atoms with van der Waals surface area (Å²) in [5.74, 6) is 0.110. The number of nitrogens with one attached hydrogen (secondary N) is 3. The summed E-state index contributed by atoms with van der Waals surface area (Å²) in [7, 11) is 1.65. The summed E-state index contributed by atoms with van der Waals surface area (Å²) in [5, 5.41) is 11.7. The number of carbonyl (C=O) groups excluding carboxylic acids is 1. The lowest BCUT2D eigenvalue weighted by Gasteiger charge is -2.27. The molecular weight excluding hydrogens is 542 g/mol. The van der Waals surface area contributed by atoms with E-state index in [1.54, 1.807) is 19.4 Å². The highest BCUT2D eigenvalue weighted by Crippen LogP contribution is 2.35. The molecule has 1 amide bonds. The second kappa shape index (κ2) is 11.5. The molecule has 186 valence electrons. The number of rotatable bonds is 5. The lowest BCUT2D eigenvalue weighted by atomic mass is 9.96. The Bertz CT molecular complexity index is 1380. The summed E-state index contributed by atoms with van der Waals surface area (Å²) in [5.41, 5.74) is 4.47. The van der Waals surface area contributed by atoms with Crippen LogP contribution in [0.4, 0.5) is 6.01 Å². The number of aromatic nitrogens is 2. The fourth-order valence-electron chi connectivity index (χ4n) is 3.44. The monoisotopic (exact) mass is 567 g/mol. The summed E-state index contributed by atoms with van der Waals surface area (Å²) in [4.78, 5) is 31.1. The van der Waals surface area contributed by atoms with E-state index in [4.69, 9.17) is 9.41 Å². The molecule has 0 fully saturated rings. The lowest BCUT2D eigenvalue weighted by Crippen LogP contribution is -2.40. The van der Waals surface area contributed by atoms with Gasteiger partial charge in [-0.15, -0.1) is 0 Å². The van der Waals surface area contributed by atoms with Crippen LogP contribution in [0.3, 0.4) is 0 Å². The molecule has 1 aliphatic rings. The van der Waals surface area contributed by atoms with E-state index in [1.165, 1.54) is 17.3 Å². The molecule has 3 N–H and O–H groups in total. The molecule has 0 saturated carbocycles. The first-order valence-corrected chi connectivity index (χ1v) is 12.9. The average Bonchev–Trinajstić information content (AvgIpc) is 3.28. The van der Waals surface area contributed by atoms with Crippen molar-refractivity contribution in [1.82, 2.24) is 20.6 Å². The molecule has 1 aliphatic heterocycles. The van der Waals surface area contributed by atoms with Crippen molar-refractivity contribution in [2.75, 3.05) is 12.4 Å². The van der Waals surface area contributed by atoms with Crippen molar-refractivity contribution in [3.63, 3.8) is 0 Å². The number of halogens is 1. The van der Waals surface area contributed by atoms with Crippen molar-refractivity contribution in [2.24, 2.45) is 9.98 Å². The van der Waals surface area contributed by atoms with Crippen molar-refractivity contribution in [2.45, 2.75) is 33.2 Å². The number of oxazole rings is 1. The number of thioether (sulfide) groups is 1. The molecule has 1 atom stereocenters. The number of amidine groups is 1. The number of amides is 1. The van der Waals surface area contributed by atoms with E-state index in [9.17, 15) is 4.79 Å². The van der Waals surface area contributed by atoms with E-state index in [2.05, 4.69) is 53.8 Å². The van der Waals surface area contributed by atoms with Crippen LogP contribution in [0.25, 0.3) is 11.1 Å². The van der Waals surface area contributed by atoms with Crippen molar-refractivity contribution in [1.29, 1.82) is 0 Å². The third-order valence-electron chi connectivity index (χ3n) is 5.46. The second-order valence-corrected chi connectivity index (χ2v) is 9.68. The molecule has 3 aromatic rings. The number of hydrogen-bond donors (Lipinski definition) is 3. The molecule has 4 rings (SSSR count). The largest absolute Gasteiger partial charge is 0.423 e. The molecule has 3 heterocycles. The molecule has 0 saturated heterocycles. The Kier molecular flexibility index (Phi) is 8.21. The molecular formula is C25H26BrN7O2S. The predicted octanol–water partition coefficient (Wildman–Crippen LogP) is 5.52. The van der Waals surface area contributed by atoms with Gasteiger partial charge in [0.2, 0.25) is 5.96 Å². The maximum Gasteiger partial charge on any atom is 0.302 e. The van der Waals surface area contributed by atoms with Crippen LogP contribution in [0.2, 0.25) is 0 Å². The zero-order valence-electron chi connectivity index (χ0n) is 20.3. The van der Waals surface area contributed by atoms with E-state index in [0.717, 1.165) is 22.0 Å². The zero-order valence-corrected chi connectivity index (χ0v) is 22.7. The zero-order chi connectivity index (χ0) is 25.7. The van der Waals surface area contributed by atoms with Crippen molar-refractivity contribution < 1.29 is 9.21 Å². The molecule has 0 aliphatic carbocycles. The smallest absolute Gasteiger partial charge is 0.302 e. The number of guanidine groups is 1. The molecule has 1 unspecified atom stereocenters. The highest BCUT2D eigenvalue weighted by Gasteiger charge is 2.31. The Morgan fingerprint density at radius 1 is 1.33 bits per heavy atom. The van der Waals surface area contributed by atoms with Crippen LogP contribution in [0.15, 0.2) is 83.9 Å². The van der Waals surface area contributed by atoms with E-state index in [1.807, 2.05) is 49.6 Å². The number of nitrogens with zero attached hydrogens (tertiary/aromatic N) is 4. The van der Waals surface area contributed by atoms with Crippen LogP contribution in [0, 0.1) is 0 Å². The van der Waals surface area contributed by atoms with Gasteiger partial charge in [0.1, 0.15) is 11.6 Å². The minimum Gasteiger partial charge on any atom is -0.423 e. The topological polar surface area (TPSA) is 117 Å². The number of fused-ring (bicyclic) bond motifs is 1. The van der Waals surface area contributed by atoms with Crippen LogP contribution in [-0.2, 0) is 4.79 Å². The van der Waals surface area contributed by atoms with Crippen molar-refractivity contribution >= 4 is 61.8 Å². The van der Waals surface area contributed by atoms with E-state index < -0.39 is 6.04 Å². The van der Waals surface area contributed by atoms with Crippen molar-refractivity contribution in [3.05, 3.63) is 75.0 Å². The first kappa shape index (κ1) is 25.6. The van der Waals surface area contributed by atoms with Gasteiger partial charge in [0.15, 0.2) is 10.8 Å². The number of allylic oxidation sites excluding steroid dienone is 2. The first-order valence-electron chi connectivity index (χ1n) is 11.3. The number of para-hydroxylation sites is 2. The van der Waals surface area contributed by atoms with Gasteiger partial charge in [-0.05, 0) is 65.4 Å². The molecule has 9 nitrogen and oxygen atoms in total. The maximum atomic E-state index is 13.5. The molecule has 36 heavy (non-hydrogen) atoms. The molecule has 0 radical (unpaired) electrons. The number of benzene rings is 1. The van der Waals surface area contributed by atoms with Crippen LogP contribution >= 0.6 is 27.7 Å². The highest BCUT2D eigenvalue weighted by atomic mass is 79.9. The van der Waals surface area contributed by atoms with Gasteiger partial charge in [-0.3, -0.25) is 20.1 Å². The van der Waals surface area contributed by atoms with Crippen molar-refractivity contribution in [3.8, 4) is 0 Å². The minimum absolute atomic E-state index is 0.297. The molecule has 0 spiro atoms. The molecule has 2 aromatic heterocycles. The Morgan fingerprint density at radius 3 is 2.86 bits per heavy atom. The SMILES string of the molecule is CC/C(C)=C/S/C(=N\C)NC(=O)C1=C(C)NC(Nc2nc3ccccc3o2)=NC1c1ccncc1Br. The Hall–Kier alpha value is -3.44. The van der Waals surface area contributed by atoms with Gasteiger partial charge in [-0.1, -0.05) is 36.4 Å². The van der Waals surface area contributed by atoms with Crippen LogP contribution in [-0.4, -0.2) is 34.1 Å². The van der Waals surface area contributed by atoms with E-state index in [-0.39, 0.29) is 5.91 Å². The van der Waals surface area contributed by atoms with Gasteiger partial charge in [-0.25, -0.2) is 4.99 Å². The molecule has 1 aromatic carbocycles. The molecule has 11 heteroatoms. The number of carbonyl (C=O) groups is 1. The minimum atomic E-state index is -0.619. The third kappa shape index (κ3) is 5.85. The quantitative estimate of drug-likeness (QED) is 0.274. The number of aliphatic imine (C=N–C) groups is 2. The van der Waals surface area contributed by atoms with Crippen LogP contribution < -0.4 is 16.0 Å². The Morgan fingerprint density at radius 2 is 2.14 bits per heavy atom. The number of anilines is 1. The first-order chi connectivity index (χ1) is 17.4. The lowest BCUT2D eigenvalue weighted by molar-refractivity contribution is -0.116. The van der Waals surface area contributed by atoms with Crippen LogP contribution in [0.1, 0.15) is 38.8 Å². The van der Waals surface area contributed by atoms with E-state index >= 15 is 0 Å². The fourth-order valence-corrected chi connectivity index (χ4v) is 4.64. The van der Waals surface area contributed by atoms with Gasteiger partial charge in [0.25, 0.3) is 5.91 Å². The van der Waals surface area contributed by atoms with Gasteiger partial charge >= 0.3 is 6.01 Å². The normalized spacial score (nSPS) is 16.6. The highest BCUT2D eigenvalue weighted by molar-refractivity contribution is 9.10. The van der Waals surface area contributed by atoms with Crippen LogP contribution in [0.5, 0.6) is 0 Å². The summed E-state index contributed by atoms with van der Waals surface area (Å²) in [6.45, 7) is 5.95. The van der Waals surface area contributed by atoms with Gasteiger partial charge in [0.05, 0.1) is 5.57 Å². The Balaban J connectivity index is 1.64. The number of pyridine rings is 1. The fraction of sp³-hybridized carbons (Fsp3) is 0.240. The summed E-state index contributed by atoms with van der Waals surface area (Å²) in [6, 6.07) is 9.00. The summed E-state index contributed by atoms with van der Waals surface area (Å²) < 4.78 is 6.52. The average molecular weight is 569 g/mol. The standard InChI is InChI=1S/C25H26BrN7O2S/c1-5-14(2)13-36-25(27-4)32-22(34)20-15(3)29-23(31-21(20)16-10-11-28-12-17(16)26)33-24-30-18-8-6-7-9-19(18)35-24/h6-13,21H,5H2,1-4H3,(H,27,32,34)(H2,29,30,31,33)/b14-13+. The summed E-state index contributed by atoms with van der Waals surface area (Å²) >= 11 is 4.94. The maximum absolute atomic E-state index is 13.5. The van der Waals surface area contributed by atoms with Gasteiger partial charge in [-0.2, -0.15) is 4.98 Å².